The summed E-state index contributed by atoms with van der Waals surface area (Å²) in [6, 6.07) is 14.5. The Balaban J connectivity index is 0.00000392. The molecule has 2 aromatic rings. The van der Waals surface area contributed by atoms with Crippen LogP contribution in [0.4, 0.5) is 8.78 Å². The summed E-state index contributed by atoms with van der Waals surface area (Å²) in [6.07, 6.45) is 0.837. The smallest absolute Gasteiger partial charge is 0.387 e. The van der Waals surface area contributed by atoms with Gasteiger partial charge in [-0.1, -0.05) is 24.3 Å². The third-order valence-corrected chi connectivity index (χ3v) is 3.97. The minimum Gasteiger partial charge on any atom is -0.497 e. The van der Waals surface area contributed by atoms with E-state index in [0.717, 1.165) is 30.2 Å². The maximum absolute atomic E-state index is 12.2. The molecule has 0 radical (unpaired) electrons. The predicted octanol–water partition coefficient (Wildman–Crippen LogP) is 4.16. The molecule has 0 atom stereocenters. The fourth-order valence-corrected chi connectivity index (χ4v) is 2.66. The maximum atomic E-state index is 12.2. The van der Waals surface area contributed by atoms with Gasteiger partial charge in [-0.05, 0) is 41.8 Å². The molecule has 0 aliphatic heterocycles. The molecule has 0 aliphatic carbocycles. The quantitative estimate of drug-likeness (QED) is 0.333. The molecule has 0 amide bonds. The van der Waals surface area contributed by atoms with E-state index < -0.39 is 6.61 Å². The first-order valence-corrected chi connectivity index (χ1v) is 8.60. The van der Waals surface area contributed by atoms with Crippen LogP contribution < -0.4 is 14.8 Å². The summed E-state index contributed by atoms with van der Waals surface area (Å²) in [5, 5.41) is 3.32. The first kappa shape index (κ1) is 23.9. The van der Waals surface area contributed by atoms with Crippen molar-refractivity contribution in [2.24, 2.45) is 4.99 Å². The summed E-state index contributed by atoms with van der Waals surface area (Å²) in [6.45, 7) is -1.50. The zero-order valence-electron chi connectivity index (χ0n) is 16.2. The van der Waals surface area contributed by atoms with Gasteiger partial charge in [0.1, 0.15) is 11.5 Å². The molecule has 5 nitrogen and oxygen atoms in total. The van der Waals surface area contributed by atoms with E-state index in [1.165, 1.54) is 17.7 Å². The second-order valence-corrected chi connectivity index (χ2v) is 5.95. The summed E-state index contributed by atoms with van der Waals surface area (Å²) in [4.78, 5) is 6.26. The molecule has 0 unspecified atom stereocenters. The third-order valence-electron chi connectivity index (χ3n) is 3.97. The van der Waals surface area contributed by atoms with Crippen LogP contribution in [0, 0.1) is 0 Å². The normalized spacial score (nSPS) is 11.0. The number of hydrogen-bond donors (Lipinski definition) is 1. The molecule has 2 rings (SSSR count). The number of methoxy groups -OCH3 is 1. The predicted molar refractivity (Wildman–Crippen MR) is 118 cm³/mol. The van der Waals surface area contributed by atoms with Crippen LogP contribution in [0.3, 0.4) is 0 Å². The Hall–Kier alpha value is -2.10. The van der Waals surface area contributed by atoms with Crippen LogP contribution >= 0.6 is 24.0 Å². The van der Waals surface area contributed by atoms with Crippen molar-refractivity contribution in [1.82, 2.24) is 10.2 Å². The van der Waals surface area contributed by atoms with Gasteiger partial charge in [-0.15, -0.1) is 24.0 Å². The molecule has 0 saturated heterocycles. The van der Waals surface area contributed by atoms with E-state index in [2.05, 4.69) is 21.1 Å². The average Bonchev–Trinajstić information content (AvgIpc) is 2.66. The molecule has 0 saturated carbocycles. The number of rotatable bonds is 8. The first-order valence-electron chi connectivity index (χ1n) is 8.60. The van der Waals surface area contributed by atoms with Crippen molar-refractivity contribution in [3.05, 3.63) is 59.7 Å². The van der Waals surface area contributed by atoms with Crippen LogP contribution in [-0.2, 0) is 13.0 Å². The fourth-order valence-electron chi connectivity index (χ4n) is 2.66. The minimum atomic E-state index is -2.81. The number of nitrogens with zero attached hydrogens (tertiary/aromatic N) is 2. The average molecular weight is 505 g/mol. The number of nitrogens with one attached hydrogen (secondary N) is 1. The lowest BCUT2D eigenvalue weighted by molar-refractivity contribution is -0.0498. The summed E-state index contributed by atoms with van der Waals surface area (Å²) in [5.74, 6) is 1.75. The molecule has 154 valence electrons. The van der Waals surface area contributed by atoms with Crippen LogP contribution in [-0.4, -0.2) is 45.2 Å². The first-order chi connectivity index (χ1) is 13.0. The van der Waals surface area contributed by atoms with Crippen LogP contribution in [0.5, 0.6) is 11.5 Å². The van der Waals surface area contributed by atoms with Crippen molar-refractivity contribution in [3.63, 3.8) is 0 Å². The molecule has 8 heteroatoms. The highest BCUT2D eigenvalue weighted by Crippen LogP contribution is 2.16. The monoisotopic (exact) mass is 505 g/mol. The maximum Gasteiger partial charge on any atom is 0.387 e. The highest BCUT2D eigenvalue weighted by atomic mass is 127. The van der Waals surface area contributed by atoms with Gasteiger partial charge in [0.05, 0.1) is 7.11 Å². The molecular formula is C20H26F2IN3O2. The molecule has 2 aromatic carbocycles. The molecule has 0 heterocycles. The number of hydrogen-bond acceptors (Lipinski definition) is 3. The Morgan fingerprint density at radius 3 is 2.43 bits per heavy atom. The standard InChI is InChI=1S/C20H25F2N3O2.HI/c1-23-20(24-12-11-15-5-4-6-18(13-15)26-3)25(2)14-16-7-9-17(10-8-16)27-19(21)22;/h4-10,13,19H,11-12,14H2,1-3H3,(H,23,24);1H. The van der Waals surface area contributed by atoms with Crippen molar-refractivity contribution < 1.29 is 18.3 Å². The zero-order valence-corrected chi connectivity index (χ0v) is 18.5. The van der Waals surface area contributed by atoms with Gasteiger partial charge >= 0.3 is 6.61 Å². The number of alkyl halides is 2. The van der Waals surface area contributed by atoms with Crippen LogP contribution in [0.15, 0.2) is 53.5 Å². The van der Waals surface area contributed by atoms with E-state index in [9.17, 15) is 8.78 Å². The number of benzene rings is 2. The van der Waals surface area contributed by atoms with Gasteiger partial charge in [-0.3, -0.25) is 4.99 Å². The lowest BCUT2D eigenvalue weighted by Crippen LogP contribution is -2.39. The van der Waals surface area contributed by atoms with Crippen LogP contribution in [0.25, 0.3) is 0 Å². The molecule has 28 heavy (non-hydrogen) atoms. The largest absolute Gasteiger partial charge is 0.497 e. The van der Waals surface area contributed by atoms with Gasteiger partial charge in [0.25, 0.3) is 0 Å². The number of ether oxygens (including phenoxy) is 2. The van der Waals surface area contributed by atoms with Gasteiger partial charge in [0.2, 0.25) is 0 Å². The van der Waals surface area contributed by atoms with Crippen molar-refractivity contribution in [1.29, 1.82) is 0 Å². The van der Waals surface area contributed by atoms with E-state index in [0.29, 0.717) is 6.54 Å². The molecule has 0 aliphatic rings. The van der Waals surface area contributed by atoms with E-state index in [1.807, 2.05) is 30.1 Å². The van der Waals surface area contributed by atoms with E-state index in [-0.39, 0.29) is 29.7 Å². The van der Waals surface area contributed by atoms with Crippen LogP contribution in [0.2, 0.25) is 0 Å². The minimum absolute atomic E-state index is 0. The van der Waals surface area contributed by atoms with E-state index >= 15 is 0 Å². The fraction of sp³-hybridized carbons (Fsp3) is 0.350. The van der Waals surface area contributed by atoms with E-state index in [1.54, 1.807) is 26.3 Å². The second-order valence-electron chi connectivity index (χ2n) is 5.95. The van der Waals surface area contributed by atoms with Gasteiger partial charge in [0, 0.05) is 27.2 Å². The lowest BCUT2D eigenvalue weighted by atomic mass is 10.1. The Kier molecular flexibility index (Phi) is 10.6. The highest BCUT2D eigenvalue weighted by Gasteiger charge is 2.08. The molecule has 0 spiro atoms. The number of guanidine groups is 1. The molecular weight excluding hydrogens is 479 g/mol. The van der Waals surface area contributed by atoms with Gasteiger partial charge in [-0.25, -0.2) is 0 Å². The summed E-state index contributed by atoms with van der Waals surface area (Å²) >= 11 is 0. The molecule has 0 bridgehead atoms. The highest BCUT2D eigenvalue weighted by molar-refractivity contribution is 14.0. The number of aliphatic imine (C=N–C) groups is 1. The Morgan fingerprint density at radius 1 is 1.11 bits per heavy atom. The van der Waals surface area contributed by atoms with Crippen molar-refractivity contribution in [2.45, 2.75) is 19.6 Å². The van der Waals surface area contributed by atoms with E-state index in [4.69, 9.17) is 4.74 Å². The zero-order chi connectivity index (χ0) is 19.6. The Bertz CT molecular complexity index is 742. The van der Waals surface area contributed by atoms with Crippen LogP contribution in [0.1, 0.15) is 11.1 Å². The second kappa shape index (κ2) is 12.4. The number of halogens is 3. The SMILES string of the molecule is CN=C(NCCc1cccc(OC)c1)N(C)Cc1ccc(OC(F)F)cc1.I. The van der Waals surface area contributed by atoms with Gasteiger partial charge < -0.3 is 19.7 Å². The summed E-state index contributed by atoms with van der Waals surface area (Å²) in [7, 11) is 5.30. The molecule has 1 N–H and O–H groups in total. The Morgan fingerprint density at radius 2 is 1.82 bits per heavy atom. The molecule has 0 aromatic heterocycles. The topological polar surface area (TPSA) is 46.1 Å². The van der Waals surface area contributed by atoms with Crippen molar-refractivity contribution in [2.75, 3.05) is 27.7 Å². The van der Waals surface area contributed by atoms with Crippen molar-refractivity contribution >= 4 is 29.9 Å². The van der Waals surface area contributed by atoms with Gasteiger partial charge in [-0.2, -0.15) is 8.78 Å². The molecule has 0 fully saturated rings. The summed E-state index contributed by atoms with van der Waals surface area (Å²) < 4.78 is 34.0. The lowest BCUT2D eigenvalue weighted by Gasteiger charge is -2.22. The Labute approximate surface area is 181 Å². The summed E-state index contributed by atoms with van der Waals surface area (Å²) in [5.41, 5.74) is 2.14. The third kappa shape index (κ3) is 7.87. The van der Waals surface area contributed by atoms with Crippen molar-refractivity contribution in [3.8, 4) is 11.5 Å². The van der Waals surface area contributed by atoms with Gasteiger partial charge in [0.15, 0.2) is 5.96 Å².